The van der Waals surface area contributed by atoms with E-state index >= 15 is 0 Å². The molecule has 18 aromatic carbocycles. The fraction of sp³-hybridized carbons (Fsp3) is 0. The number of nitrogens with zero attached hydrogens (tertiary/aromatic N) is 10. The molecule has 0 bridgehead atoms. The minimum atomic E-state index is 0.631. The van der Waals surface area contributed by atoms with Gasteiger partial charge in [0.1, 0.15) is 11.3 Å². The van der Waals surface area contributed by atoms with Crippen molar-refractivity contribution in [3.63, 3.8) is 0 Å². The van der Waals surface area contributed by atoms with Crippen LogP contribution in [0.4, 0.5) is 0 Å². The second kappa shape index (κ2) is 28.9. The van der Waals surface area contributed by atoms with Crippen molar-refractivity contribution >= 4 is 98.3 Å². The highest BCUT2D eigenvalue weighted by atomic mass is 15.2. The summed E-state index contributed by atoms with van der Waals surface area (Å²) in [5.74, 6) is 3.83. The molecule has 10 heteroatoms. The quantitative estimate of drug-likeness (QED) is 0.121. The van der Waals surface area contributed by atoms with Gasteiger partial charge in [-0.3, -0.25) is 17.9 Å². The summed E-state index contributed by atoms with van der Waals surface area (Å²) in [6, 6.07) is 150. The van der Waals surface area contributed by atoms with Gasteiger partial charge >= 0.3 is 0 Å². The van der Waals surface area contributed by atoms with Gasteiger partial charge in [-0.2, -0.15) is 0 Å². The zero-order chi connectivity index (χ0) is 79.1. The molecule has 0 N–H and O–H groups in total. The van der Waals surface area contributed by atoms with Gasteiger partial charge in [0.15, 0.2) is 34.9 Å². The van der Waals surface area contributed by atoms with Crippen LogP contribution >= 0.6 is 0 Å². The number of hydrogen-bond acceptors (Lipinski definition) is 6. The van der Waals surface area contributed by atoms with Crippen LogP contribution in [0.5, 0.6) is 0 Å². The molecule has 6 aromatic heterocycles. The highest BCUT2D eigenvalue weighted by Gasteiger charge is 2.26. The lowest BCUT2D eigenvalue weighted by molar-refractivity contribution is 1.07. The van der Waals surface area contributed by atoms with Crippen LogP contribution in [0.3, 0.4) is 0 Å². The van der Waals surface area contributed by atoms with E-state index in [2.05, 4.69) is 443 Å². The molecule has 24 rings (SSSR count). The second-order valence-electron chi connectivity index (χ2n) is 30.6. The van der Waals surface area contributed by atoms with Gasteiger partial charge < -0.3 is 0 Å². The maximum atomic E-state index is 5.13. The van der Waals surface area contributed by atoms with Crippen LogP contribution in [-0.2, 0) is 0 Å². The first kappa shape index (κ1) is 69.2. The molecule has 0 spiro atoms. The van der Waals surface area contributed by atoms with Gasteiger partial charge in [-0.1, -0.05) is 328 Å². The Kier molecular flexibility index (Phi) is 16.7. The first-order valence-electron chi connectivity index (χ1n) is 40.5. The zero-order valence-corrected chi connectivity index (χ0v) is 64.9. The standard InChI is InChI=1S/2C55H35N5/c1-2-19-46(20-3-1)59-49-23-10-11-24-50(49)60-48-22-9-8-21-47(48)51(55(59)60)43-18-12-17-42(33-43)38-25-29-39(30-26-38)52-56-53(44-31-27-36-13-4-6-15-40(36)34-44)58-54(57-52)45-32-28-37-14-5-7-16-41(37)35-45;1-2-19-46(20-3-1)59-49-23-10-11-24-50(49)60-48-22-9-8-21-47(48)51(55(59)60)39-29-25-38(26-30-39)42-17-12-18-43(33-42)52-56-53(44-31-27-36-13-4-6-15-40(36)34-44)58-54(57-52)45-32-28-37-14-5-7-16-41(37)35-45/h2*1-35H. The van der Waals surface area contributed by atoms with Gasteiger partial charge in [-0.25, -0.2) is 29.9 Å². The molecule has 0 aliphatic rings. The smallest absolute Gasteiger partial charge is 0.164 e. The zero-order valence-electron chi connectivity index (χ0n) is 64.9. The number of imidazole rings is 2. The highest BCUT2D eigenvalue weighted by Crippen LogP contribution is 2.45. The molecular formula is C110H70N10. The third kappa shape index (κ3) is 12.1. The Balaban J connectivity index is 0.000000140. The maximum Gasteiger partial charge on any atom is 0.164 e. The SMILES string of the molecule is c1ccc(-n2c3ccccc3n3c4ccccc4c(-c4ccc(-c5cccc(-c6nc(-c7ccc8ccccc8c7)nc(-c7ccc8ccccc8c7)n6)c5)cc4)c23)cc1.c1ccc(-n2c3ccccc3n3c4ccccc4c(-c4cccc(-c5ccc(-c6nc(-c7ccc8ccccc8c7)nc(-c7ccc8ccccc8c7)n6)cc5)c4)c23)cc1. The lowest BCUT2D eigenvalue weighted by atomic mass is 9.97. The van der Waals surface area contributed by atoms with Gasteiger partial charge in [0.05, 0.1) is 33.1 Å². The lowest BCUT2D eigenvalue weighted by Crippen LogP contribution is -2.00. The molecule has 0 atom stereocenters. The Hall–Kier alpha value is -16.3. The molecule has 0 radical (unpaired) electrons. The van der Waals surface area contributed by atoms with Crippen LogP contribution < -0.4 is 0 Å². The fourth-order valence-corrected chi connectivity index (χ4v) is 17.7. The molecule has 560 valence electrons. The summed E-state index contributed by atoms with van der Waals surface area (Å²) >= 11 is 0. The number of rotatable bonds is 12. The van der Waals surface area contributed by atoms with Crippen molar-refractivity contribution in [2.24, 2.45) is 0 Å². The Morgan fingerprint density at radius 2 is 0.408 bits per heavy atom. The van der Waals surface area contributed by atoms with E-state index in [0.717, 1.165) is 111 Å². The number of hydrogen-bond donors (Lipinski definition) is 0. The van der Waals surface area contributed by atoms with Crippen molar-refractivity contribution in [2.45, 2.75) is 0 Å². The molecule has 10 nitrogen and oxygen atoms in total. The number of fused-ring (bicyclic) bond motifs is 14. The first-order valence-corrected chi connectivity index (χ1v) is 40.5. The van der Waals surface area contributed by atoms with Crippen molar-refractivity contribution in [2.75, 3.05) is 0 Å². The van der Waals surface area contributed by atoms with Crippen LogP contribution in [-0.4, -0.2) is 47.8 Å². The van der Waals surface area contributed by atoms with E-state index in [-0.39, 0.29) is 0 Å². The van der Waals surface area contributed by atoms with Crippen LogP contribution in [0.15, 0.2) is 425 Å². The number of para-hydroxylation sites is 8. The largest absolute Gasteiger partial charge is 0.293 e. The predicted octanol–water partition coefficient (Wildman–Crippen LogP) is 27.7. The molecule has 0 aliphatic heterocycles. The summed E-state index contributed by atoms with van der Waals surface area (Å²) in [5.41, 5.74) is 26.5. The van der Waals surface area contributed by atoms with Crippen molar-refractivity contribution in [1.82, 2.24) is 47.8 Å². The van der Waals surface area contributed by atoms with Gasteiger partial charge in [-0.15, -0.1) is 0 Å². The summed E-state index contributed by atoms with van der Waals surface area (Å²) in [5, 5.41) is 11.7. The molecule has 24 aromatic rings. The van der Waals surface area contributed by atoms with Gasteiger partial charge in [-0.05, 0) is 174 Å². The van der Waals surface area contributed by atoms with E-state index < -0.39 is 0 Å². The van der Waals surface area contributed by atoms with Crippen LogP contribution in [0.2, 0.25) is 0 Å². The average Bonchev–Trinajstić information content (AvgIpc) is 1.55. The third-order valence-corrected chi connectivity index (χ3v) is 23.4. The van der Waals surface area contributed by atoms with E-state index in [1.165, 1.54) is 76.5 Å². The van der Waals surface area contributed by atoms with E-state index in [1.807, 2.05) is 0 Å². The summed E-state index contributed by atoms with van der Waals surface area (Å²) in [6.45, 7) is 0. The molecular weight excluding hydrogens is 1460 g/mol. The normalized spacial score (nSPS) is 11.7. The van der Waals surface area contributed by atoms with E-state index in [4.69, 9.17) is 29.9 Å². The first-order chi connectivity index (χ1) is 59.5. The average molecular weight is 1530 g/mol. The fourth-order valence-electron chi connectivity index (χ4n) is 17.7. The third-order valence-electron chi connectivity index (χ3n) is 23.4. The van der Waals surface area contributed by atoms with E-state index in [0.29, 0.717) is 34.9 Å². The molecule has 0 saturated carbocycles. The van der Waals surface area contributed by atoms with Gasteiger partial charge in [0.25, 0.3) is 0 Å². The minimum absolute atomic E-state index is 0.631. The maximum absolute atomic E-state index is 5.13. The number of aromatic nitrogens is 10. The molecule has 0 saturated heterocycles. The number of benzene rings is 18. The Labute approximate surface area is 690 Å². The van der Waals surface area contributed by atoms with Gasteiger partial charge in [0, 0.05) is 66.7 Å². The van der Waals surface area contributed by atoms with E-state index in [9.17, 15) is 0 Å². The van der Waals surface area contributed by atoms with Crippen molar-refractivity contribution in [3.05, 3.63) is 425 Å². The molecule has 0 amide bonds. The van der Waals surface area contributed by atoms with Crippen molar-refractivity contribution in [1.29, 1.82) is 0 Å². The topological polar surface area (TPSA) is 96.0 Å². The van der Waals surface area contributed by atoms with E-state index in [1.54, 1.807) is 0 Å². The van der Waals surface area contributed by atoms with Crippen molar-refractivity contribution in [3.8, 4) is 124 Å². The van der Waals surface area contributed by atoms with Crippen LogP contribution in [0.1, 0.15) is 0 Å². The minimum Gasteiger partial charge on any atom is -0.293 e. The summed E-state index contributed by atoms with van der Waals surface area (Å²) in [4.78, 5) is 30.6. The van der Waals surface area contributed by atoms with Crippen molar-refractivity contribution < 1.29 is 0 Å². The van der Waals surface area contributed by atoms with Gasteiger partial charge in [0.2, 0.25) is 0 Å². The Morgan fingerprint density at radius 1 is 0.150 bits per heavy atom. The predicted molar refractivity (Wildman–Crippen MR) is 495 cm³/mol. The molecule has 120 heavy (non-hydrogen) atoms. The Bertz CT molecular complexity index is 7960. The lowest BCUT2D eigenvalue weighted by Gasteiger charge is -2.11. The van der Waals surface area contributed by atoms with Crippen LogP contribution in [0, 0.1) is 0 Å². The molecule has 0 unspecified atom stereocenters. The summed E-state index contributed by atoms with van der Waals surface area (Å²) in [7, 11) is 0. The summed E-state index contributed by atoms with van der Waals surface area (Å²) < 4.78 is 9.63. The highest BCUT2D eigenvalue weighted by molar-refractivity contribution is 6.11. The molecule has 0 fully saturated rings. The summed E-state index contributed by atoms with van der Waals surface area (Å²) in [6.07, 6.45) is 0. The molecule has 0 aliphatic carbocycles. The monoisotopic (exact) mass is 1530 g/mol. The second-order valence-corrected chi connectivity index (χ2v) is 30.6. The Morgan fingerprint density at radius 3 is 0.792 bits per heavy atom. The van der Waals surface area contributed by atoms with Crippen LogP contribution in [0.25, 0.3) is 222 Å². The molecule has 6 heterocycles.